The zero-order chi connectivity index (χ0) is 14.4. The Morgan fingerprint density at radius 1 is 1.15 bits per heavy atom. The van der Waals surface area contributed by atoms with Gasteiger partial charge in [0.15, 0.2) is 0 Å². The van der Waals surface area contributed by atoms with E-state index in [0.717, 1.165) is 17.9 Å². The van der Waals surface area contributed by atoms with Crippen molar-refractivity contribution < 1.29 is 9.47 Å². The Kier molecular flexibility index (Phi) is 4.96. The molecule has 0 bridgehead atoms. The number of methoxy groups -OCH3 is 1. The molecule has 1 aromatic heterocycles. The Morgan fingerprint density at radius 3 is 2.60 bits per heavy atom. The van der Waals surface area contributed by atoms with Gasteiger partial charge in [-0.15, -0.1) is 0 Å². The molecule has 1 heterocycles. The first kappa shape index (κ1) is 14.3. The van der Waals surface area contributed by atoms with Crippen LogP contribution >= 0.6 is 0 Å². The van der Waals surface area contributed by atoms with Crippen molar-refractivity contribution in [3.63, 3.8) is 0 Å². The van der Waals surface area contributed by atoms with Gasteiger partial charge in [0.2, 0.25) is 5.88 Å². The van der Waals surface area contributed by atoms with E-state index in [0.29, 0.717) is 17.7 Å². The summed E-state index contributed by atoms with van der Waals surface area (Å²) >= 11 is 0. The van der Waals surface area contributed by atoms with Gasteiger partial charge in [0.05, 0.1) is 7.11 Å². The van der Waals surface area contributed by atoms with Crippen molar-refractivity contribution >= 4 is 0 Å². The van der Waals surface area contributed by atoms with Crippen molar-refractivity contribution in [3.8, 4) is 17.4 Å². The third-order valence-corrected chi connectivity index (χ3v) is 2.78. The van der Waals surface area contributed by atoms with E-state index < -0.39 is 0 Å². The van der Waals surface area contributed by atoms with E-state index in [1.54, 1.807) is 7.11 Å². The highest BCUT2D eigenvalue weighted by Crippen LogP contribution is 2.23. The van der Waals surface area contributed by atoms with Crippen molar-refractivity contribution in [3.05, 3.63) is 48.2 Å². The molecule has 4 nitrogen and oxygen atoms in total. The van der Waals surface area contributed by atoms with Crippen LogP contribution in [0.1, 0.15) is 19.4 Å². The SMILES string of the molecule is COc1cccc(Oc2ccc(CNC(C)C)cn2)c1. The number of hydrogen-bond donors (Lipinski definition) is 1. The smallest absolute Gasteiger partial charge is 0.219 e. The molecule has 0 saturated heterocycles. The summed E-state index contributed by atoms with van der Waals surface area (Å²) in [4.78, 5) is 4.30. The van der Waals surface area contributed by atoms with Crippen molar-refractivity contribution in [2.24, 2.45) is 0 Å². The normalized spacial score (nSPS) is 10.6. The van der Waals surface area contributed by atoms with Gasteiger partial charge in [0.25, 0.3) is 0 Å². The fraction of sp³-hybridized carbons (Fsp3) is 0.312. The number of nitrogens with one attached hydrogen (secondary N) is 1. The third kappa shape index (κ3) is 4.24. The van der Waals surface area contributed by atoms with Crippen molar-refractivity contribution in [1.82, 2.24) is 10.3 Å². The van der Waals surface area contributed by atoms with Crippen LogP contribution in [-0.2, 0) is 6.54 Å². The quantitative estimate of drug-likeness (QED) is 0.875. The molecule has 106 valence electrons. The second-order valence-electron chi connectivity index (χ2n) is 4.82. The van der Waals surface area contributed by atoms with Crippen LogP contribution in [0.25, 0.3) is 0 Å². The van der Waals surface area contributed by atoms with Crippen LogP contribution < -0.4 is 14.8 Å². The minimum atomic E-state index is 0.461. The monoisotopic (exact) mass is 272 g/mol. The van der Waals surface area contributed by atoms with Gasteiger partial charge < -0.3 is 14.8 Å². The number of nitrogens with zero attached hydrogens (tertiary/aromatic N) is 1. The summed E-state index contributed by atoms with van der Waals surface area (Å²) in [6.07, 6.45) is 1.82. The maximum atomic E-state index is 5.69. The third-order valence-electron chi connectivity index (χ3n) is 2.78. The average Bonchev–Trinajstić information content (AvgIpc) is 2.47. The summed E-state index contributed by atoms with van der Waals surface area (Å²) in [5.74, 6) is 2.05. The lowest BCUT2D eigenvalue weighted by Crippen LogP contribution is -2.21. The molecule has 0 atom stereocenters. The number of rotatable bonds is 6. The Hall–Kier alpha value is -2.07. The maximum Gasteiger partial charge on any atom is 0.219 e. The fourth-order valence-corrected chi connectivity index (χ4v) is 1.68. The molecule has 1 aromatic carbocycles. The van der Waals surface area contributed by atoms with Gasteiger partial charge in [-0.05, 0) is 17.7 Å². The first-order valence-corrected chi connectivity index (χ1v) is 6.67. The molecule has 0 aliphatic heterocycles. The molecule has 0 spiro atoms. The molecule has 2 aromatic rings. The molecule has 2 rings (SSSR count). The summed E-state index contributed by atoms with van der Waals surface area (Å²) in [6, 6.07) is 11.8. The number of ether oxygens (including phenoxy) is 2. The Labute approximate surface area is 119 Å². The highest BCUT2D eigenvalue weighted by molar-refractivity contribution is 5.35. The molecule has 1 N–H and O–H groups in total. The number of aromatic nitrogens is 1. The highest BCUT2D eigenvalue weighted by atomic mass is 16.5. The second kappa shape index (κ2) is 6.91. The Bertz CT molecular complexity index is 538. The topological polar surface area (TPSA) is 43.4 Å². The molecule has 4 heteroatoms. The molecule has 0 aliphatic rings. The lowest BCUT2D eigenvalue weighted by molar-refractivity contribution is 0.407. The van der Waals surface area contributed by atoms with E-state index in [-0.39, 0.29) is 0 Å². The molecule has 0 saturated carbocycles. The zero-order valence-corrected chi connectivity index (χ0v) is 12.1. The minimum Gasteiger partial charge on any atom is -0.497 e. The van der Waals surface area contributed by atoms with E-state index in [4.69, 9.17) is 9.47 Å². The predicted molar refractivity (Wildman–Crippen MR) is 79.3 cm³/mol. The standard InChI is InChI=1S/C16H20N2O2/c1-12(2)17-10-13-7-8-16(18-11-13)20-15-6-4-5-14(9-15)19-3/h4-9,11-12,17H,10H2,1-3H3. The molecule has 0 aliphatic carbocycles. The summed E-state index contributed by atoms with van der Waals surface area (Å²) < 4.78 is 10.8. The zero-order valence-electron chi connectivity index (χ0n) is 12.1. The maximum absolute atomic E-state index is 5.69. The van der Waals surface area contributed by atoms with Crippen LogP contribution in [-0.4, -0.2) is 18.1 Å². The van der Waals surface area contributed by atoms with Crippen LogP contribution in [0, 0.1) is 0 Å². The highest BCUT2D eigenvalue weighted by Gasteiger charge is 2.01. The molecule has 20 heavy (non-hydrogen) atoms. The first-order chi connectivity index (χ1) is 9.67. The first-order valence-electron chi connectivity index (χ1n) is 6.67. The summed E-state index contributed by atoms with van der Waals surface area (Å²) in [6.45, 7) is 5.05. The molecule has 0 unspecified atom stereocenters. The van der Waals surface area contributed by atoms with E-state index in [1.807, 2.05) is 42.6 Å². The van der Waals surface area contributed by atoms with Gasteiger partial charge in [-0.3, -0.25) is 0 Å². The van der Waals surface area contributed by atoms with E-state index in [1.165, 1.54) is 0 Å². The van der Waals surface area contributed by atoms with E-state index in [2.05, 4.69) is 24.1 Å². The lowest BCUT2D eigenvalue weighted by Gasteiger charge is -2.09. The Morgan fingerprint density at radius 2 is 1.95 bits per heavy atom. The van der Waals surface area contributed by atoms with Crippen LogP contribution in [0.15, 0.2) is 42.6 Å². The van der Waals surface area contributed by atoms with E-state index >= 15 is 0 Å². The van der Waals surface area contributed by atoms with Crippen LogP contribution in [0.5, 0.6) is 17.4 Å². The van der Waals surface area contributed by atoms with Crippen molar-refractivity contribution in [1.29, 1.82) is 0 Å². The number of pyridine rings is 1. The van der Waals surface area contributed by atoms with Gasteiger partial charge in [0, 0.05) is 30.9 Å². The predicted octanol–water partition coefficient (Wildman–Crippen LogP) is 3.38. The average molecular weight is 272 g/mol. The second-order valence-corrected chi connectivity index (χ2v) is 4.82. The fourth-order valence-electron chi connectivity index (χ4n) is 1.68. The number of benzene rings is 1. The van der Waals surface area contributed by atoms with Gasteiger partial charge >= 0.3 is 0 Å². The van der Waals surface area contributed by atoms with Crippen molar-refractivity contribution in [2.75, 3.05) is 7.11 Å². The van der Waals surface area contributed by atoms with Gasteiger partial charge in [-0.2, -0.15) is 0 Å². The van der Waals surface area contributed by atoms with Crippen LogP contribution in [0.3, 0.4) is 0 Å². The van der Waals surface area contributed by atoms with Gasteiger partial charge in [-0.25, -0.2) is 4.98 Å². The van der Waals surface area contributed by atoms with Crippen LogP contribution in [0.4, 0.5) is 0 Å². The lowest BCUT2D eigenvalue weighted by atomic mass is 10.2. The number of hydrogen-bond acceptors (Lipinski definition) is 4. The molecule has 0 fully saturated rings. The molecular weight excluding hydrogens is 252 g/mol. The van der Waals surface area contributed by atoms with Crippen molar-refractivity contribution in [2.45, 2.75) is 26.4 Å². The van der Waals surface area contributed by atoms with Crippen LogP contribution in [0.2, 0.25) is 0 Å². The van der Waals surface area contributed by atoms with Gasteiger partial charge in [0.1, 0.15) is 11.5 Å². The molecular formula is C16H20N2O2. The summed E-state index contributed by atoms with van der Waals surface area (Å²) in [5.41, 5.74) is 1.14. The minimum absolute atomic E-state index is 0.461. The molecule has 0 amide bonds. The van der Waals surface area contributed by atoms with Gasteiger partial charge in [-0.1, -0.05) is 26.0 Å². The molecule has 0 radical (unpaired) electrons. The largest absolute Gasteiger partial charge is 0.497 e. The van der Waals surface area contributed by atoms with E-state index in [9.17, 15) is 0 Å². The Balaban J connectivity index is 1.99. The summed E-state index contributed by atoms with van der Waals surface area (Å²) in [7, 11) is 1.63. The summed E-state index contributed by atoms with van der Waals surface area (Å²) in [5, 5.41) is 3.35.